The minimum Gasteiger partial charge on any atom is -0.353 e. The predicted octanol–water partition coefficient (Wildman–Crippen LogP) is 5.19. The number of benzene rings is 2. The molecule has 0 saturated carbocycles. The normalized spacial score (nSPS) is 10.6. The molecule has 7 heteroatoms. The summed E-state index contributed by atoms with van der Waals surface area (Å²) in [6.45, 7) is 4.72. The van der Waals surface area contributed by atoms with Gasteiger partial charge in [-0.2, -0.15) is 0 Å². The van der Waals surface area contributed by atoms with Gasteiger partial charge in [0.15, 0.2) is 0 Å². The smallest absolute Gasteiger partial charge is 0.254 e. The Morgan fingerprint density at radius 1 is 0.969 bits per heavy atom. The minimum atomic E-state index is -0.332. The highest BCUT2D eigenvalue weighted by Crippen LogP contribution is 2.20. The molecule has 0 unspecified atom stereocenters. The number of carbonyl (C=O) groups is 2. The molecule has 0 bridgehead atoms. The molecular formula is C25H25Cl2N3O2. The van der Waals surface area contributed by atoms with Gasteiger partial charge in [0.1, 0.15) is 6.54 Å². The lowest BCUT2D eigenvalue weighted by molar-refractivity contribution is -0.133. The highest BCUT2D eigenvalue weighted by atomic mass is 35.5. The molecule has 3 rings (SSSR count). The van der Waals surface area contributed by atoms with Crippen molar-refractivity contribution in [3.8, 4) is 0 Å². The molecule has 166 valence electrons. The van der Waals surface area contributed by atoms with Gasteiger partial charge in [0.05, 0.1) is 6.54 Å². The summed E-state index contributed by atoms with van der Waals surface area (Å²) in [5.74, 6) is -0.500. The van der Waals surface area contributed by atoms with Crippen molar-refractivity contribution in [2.24, 2.45) is 7.05 Å². The van der Waals surface area contributed by atoms with Crippen molar-refractivity contribution in [2.45, 2.75) is 13.1 Å². The minimum absolute atomic E-state index is 0.0910. The molecule has 0 spiro atoms. The zero-order chi connectivity index (χ0) is 23.1. The SMILES string of the molecule is C=CCN(CC(=O)N(Cc1ccccc1)Cc1cccn1C)C(=O)c1cc(Cl)cc(Cl)c1. The first-order chi connectivity index (χ1) is 15.4. The zero-order valence-electron chi connectivity index (χ0n) is 17.9. The van der Waals surface area contributed by atoms with Crippen LogP contribution in [0, 0.1) is 0 Å². The first kappa shape index (κ1) is 23.6. The topological polar surface area (TPSA) is 45.6 Å². The molecule has 5 nitrogen and oxygen atoms in total. The Morgan fingerprint density at radius 3 is 2.25 bits per heavy atom. The van der Waals surface area contributed by atoms with E-state index in [1.165, 1.54) is 4.90 Å². The van der Waals surface area contributed by atoms with E-state index in [1.807, 2.05) is 60.3 Å². The number of rotatable bonds is 9. The third-order valence-corrected chi connectivity index (χ3v) is 5.48. The zero-order valence-corrected chi connectivity index (χ0v) is 19.4. The molecule has 0 N–H and O–H groups in total. The fourth-order valence-corrected chi connectivity index (χ4v) is 3.92. The van der Waals surface area contributed by atoms with Crippen molar-refractivity contribution >= 4 is 35.0 Å². The molecule has 0 aliphatic rings. The Labute approximate surface area is 198 Å². The van der Waals surface area contributed by atoms with Gasteiger partial charge in [-0.05, 0) is 35.9 Å². The summed E-state index contributed by atoms with van der Waals surface area (Å²) in [6, 6.07) is 18.3. The highest BCUT2D eigenvalue weighted by Gasteiger charge is 2.23. The lowest BCUT2D eigenvalue weighted by Crippen LogP contribution is -2.42. The van der Waals surface area contributed by atoms with E-state index in [4.69, 9.17) is 23.2 Å². The van der Waals surface area contributed by atoms with E-state index in [9.17, 15) is 9.59 Å². The van der Waals surface area contributed by atoms with Crippen LogP contribution in [0.4, 0.5) is 0 Å². The number of halogens is 2. The molecule has 0 radical (unpaired) electrons. The number of aryl methyl sites for hydroxylation is 1. The average molecular weight is 470 g/mol. The van der Waals surface area contributed by atoms with E-state index in [-0.39, 0.29) is 24.9 Å². The van der Waals surface area contributed by atoms with Gasteiger partial charge in [-0.25, -0.2) is 0 Å². The molecular weight excluding hydrogens is 445 g/mol. The number of hydrogen-bond acceptors (Lipinski definition) is 2. The number of aromatic nitrogens is 1. The van der Waals surface area contributed by atoms with Crippen LogP contribution >= 0.6 is 23.2 Å². The molecule has 0 atom stereocenters. The van der Waals surface area contributed by atoms with Crippen LogP contribution in [0.3, 0.4) is 0 Å². The molecule has 1 heterocycles. The van der Waals surface area contributed by atoms with Crippen LogP contribution in [-0.4, -0.2) is 39.3 Å². The maximum Gasteiger partial charge on any atom is 0.254 e. The van der Waals surface area contributed by atoms with Crippen molar-refractivity contribution < 1.29 is 9.59 Å². The van der Waals surface area contributed by atoms with Crippen molar-refractivity contribution in [3.63, 3.8) is 0 Å². The third-order valence-electron chi connectivity index (χ3n) is 5.05. The second-order valence-corrected chi connectivity index (χ2v) is 8.35. The van der Waals surface area contributed by atoms with E-state index in [1.54, 1.807) is 29.2 Å². The maximum absolute atomic E-state index is 13.4. The first-order valence-electron chi connectivity index (χ1n) is 10.2. The summed E-state index contributed by atoms with van der Waals surface area (Å²) >= 11 is 12.1. The standard InChI is InChI=1S/C25H25Cl2N3O2/c1-3-11-29(25(32)20-13-21(26)15-22(27)14-20)18-24(31)30(16-19-8-5-4-6-9-19)17-23-10-7-12-28(23)2/h3-10,12-15H,1,11,16-18H2,2H3. The summed E-state index contributed by atoms with van der Waals surface area (Å²) in [6.07, 6.45) is 3.53. The van der Waals surface area contributed by atoms with Gasteiger partial charge in [-0.1, -0.05) is 59.6 Å². The van der Waals surface area contributed by atoms with Gasteiger partial charge >= 0.3 is 0 Å². The maximum atomic E-state index is 13.4. The molecule has 32 heavy (non-hydrogen) atoms. The van der Waals surface area contributed by atoms with E-state index < -0.39 is 0 Å². The average Bonchev–Trinajstić information content (AvgIpc) is 3.17. The molecule has 0 saturated heterocycles. The fourth-order valence-electron chi connectivity index (χ4n) is 3.39. The lowest BCUT2D eigenvalue weighted by Gasteiger charge is -2.27. The van der Waals surface area contributed by atoms with E-state index in [2.05, 4.69) is 6.58 Å². The van der Waals surface area contributed by atoms with Crippen LogP contribution in [0.5, 0.6) is 0 Å². The first-order valence-corrected chi connectivity index (χ1v) is 10.9. The van der Waals surface area contributed by atoms with Gasteiger partial charge in [0.25, 0.3) is 5.91 Å². The molecule has 0 fully saturated rings. The number of nitrogens with zero attached hydrogens (tertiary/aromatic N) is 3. The largest absolute Gasteiger partial charge is 0.353 e. The Hall–Kier alpha value is -3.02. The van der Waals surface area contributed by atoms with E-state index in [0.29, 0.717) is 28.7 Å². The van der Waals surface area contributed by atoms with Crippen LogP contribution in [-0.2, 0) is 24.9 Å². The summed E-state index contributed by atoms with van der Waals surface area (Å²) in [5, 5.41) is 0.722. The van der Waals surface area contributed by atoms with Crippen LogP contribution in [0.25, 0.3) is 0 Å². The Morgan fingerprint density at radius 2 is 1.66 bits per heavy atom. The highest BCUT2D eigenvalue weighted by molar-refractivity contribution is 6.35. The van der Waals surface area contributed by atoms with Crippen LogP contribution in [0.2, 0.25) is 10.0 Å². The monoisotopic (exact) mass is 469 g/mol. The summed E-state index contributed by atoms with van der Waals surface area (Å²) in [4.78, 5) is 29.7. The molecule has 2 amide bonds. The van der Waals surface area contributed by atoms with Crippen molar-refractivity contribution in [2.75, 3.05) is 13.1 Å². The van der Waals surface area contributed by atoms with Crippen LogP contribution in [0.15, 0.2) is 79.5 Å². The van der Waals surface area contributed by atoms with Gasteiger partial charge in [0, 0.05) is 47.6 Å². The summed E-state index contributed by atoms with van der Waals surface area (Å²) in [7, 11) is 1.94. The summed E-state index contributed by atoms with van der Waals surface area (Å²) in [5.41, 5.74) is 2.34. The third kappa shape index (κ3) is 6.25. The van der Waals surface area contributed by atoms with Gasteiger partial charge in [-0.15, -0.1) is 6.58 Å². The van der Waals surface area contributed by atoms with Crippen LogP contribution in [0.1, 0.15) is 21.6 Å². The van der Waals surface area contributed by atoms with Crippen molar-refractivity contribution in [3.05, 3.63) is 106 Å². The quantitative estimate of drug-likeness (QED) is 0.404. The Balaban J connectivity index is 1.83. The molecule has 0 aliphatic heterocycles. The lowest BCUT2D eigenvalue weighted by atomic mass is 10.2. The summed E-state index contributed by atoms with van der Waals surface area (Å²) < 4.78 is 1.98. The van der Waals surface area contributed by atoms with Gasteiger partial charge in [-0.3, -0.25) is 9.59 Å². The Kier molecular flexibility index (Phi) is 8.14. The van der Waals surface area contributed by atoms with E-state index >= 15 is 0 Å². The molecule has 0 aliphatic carbocycles. The predicted molar refractivity (Wildman–Crippen MR) is 129 cm³/mol. The van der Waals surface area contributed by atoms with Crippen molar-refractivity contribution in [1.29, 1.82) is 0 Å². The number of carbonyl (C=O) groups excluding carboxylic acids is 2. The Bertz CT molecular complexity index is 1080. The number of amides is 2. The molecule has 3 aromatic rings. The second kappa shape index (κ2) is 11.0. The van der Waals surface area contributed by atoms with E-state index in [0.717, 1.165) is 11.3 Å². The van der Waals surface area contributed by atoms with Gasteiger partial charge < -0.3 is 14.4 Å². The van der Waals surface area contributed by atoms with Gasteiger partial charge in [0.2, 0.25) is 5.91 Å². The van der Waals surface area contributed by atoms with Crippen molar-refractivity contribution in [1.82, 2.24) is 14.4 Å². The number of hydrogen-bond donors (Lipinski definition) is 0. The molecule has 2 aromatic carbocycles. The van der Waals surface area contributed by atoms with Crippen LogP contribution < -0.4 is 0 Å². The second-order valence-electron chi connectivity index (χ2n) is 7.48. The molecule has 1 aromatic heterocycles. The fraction of sp³-hybridized carbons (Fsp3) is 0.200.